The van der Waals surface area contributed by atoms with E-state index in [0.717, 1.165) is 53.9 Å². The molecule has 4 N–H and O–H groups in total. The van der Waals surface area contributed by atoms with Gasteiger partial charge in [0.2, 0.25) is 0 Å². The third-order valence-corrected chi connectivity index (χ3v) is 6.46. The fourth-order valence-electron chi connectivity index (χ4n) is 3.51. The Bertz CT molecular complexity index is 1140. The van der Waals surface area contributed by atoms with Gasteiger partial charge in [-0.05, 0) is 35.9 Å². The van der Waals surface area contributed by atoms with Gasteiger partial charge in [0.25, 0.3) is 5.91 Å². The topological polar surface area (TPSA) is 121 Å². The van der Waals surface area contributed by atoms with Gasteiger partial charge in [0, 0.05) is 37.2 Å². The van der Waals surface area contributed by atoms with Crippen molar-refractivity contribution in [1.82, 2.24) is 9.88 Å². The predicted molar refractivity (Wildman–Crippen MR) is 128 cm³/mol. The number of primary amides is 1. The quantitative estimate of drug-likeness (QED) is 0.485. The van der Waals surface area contributed by atoms with Crippen molar-refractivity contribution in [3.05, 3.63) is 59.8 Å². The third-order valence-electron chi connectivity index (χ3n) is 5.36. The zero-order valence-electron chi connectivity index (χ0n) is 18.2. The minimum atomic E-state index is -1.04. The number of benzene rings is 1. The second-order valence-corrected chi connectivity index (χ2v) is 8.69. The van der Waals surface area contributed by atoms with Crippen LogP contribution in [-0.4, -0.2) is 60.3 Å². The normalized spacial score (nSPS) is 14.1. The lowest BCUT2D eigenvalue weighted by Crippen LogP contribution is -2.35. The van der Waals surface area contributed by atoms with Crippen LogP contribution in [0.1, 0.15) is 16.1 Å². The zero-order chi connectivity index (χ0) is 23.4. The molecule has 0 unspecified atom stereocenters. The summed E-state index contributed by atoms with van der Waals surface area (Å²) in [5.74, 6) is 0.0989. The largest absolute Gasteiger partial charge is 0.465 e. The second-order valence-electron chi connectivity index (χ2n) is 7.63. The van der Waals surface area contributed by atoms with Crippen LogP contribution in [0.2, 0.25) is 0 Å². The first-order valence-corrected chi connectivity index (χ1v) is 11.3. The Morgan fingerprint density at radius 3 is 2.61 bits per heavy atom. The monoisotopic (exact) mass is 467 g/mol. The standard InChI is InChI=1S/C23H25N5O4S/c1-27(23(30)31)17-7-5-15(6-8-17)19-13-18(21(24)29)22(33-19)26-20-4-2-3-16(25-20)14-28-9-11-32-12-10-28/h2-8,13H,9-12,14H2,1H3,(H2,24,29)(H,25,26)(H,30,31). The molecule has 0 spiro atoms. The summed E-state index contributed by atoms with van der Waals surface area (Å²) in [7, 11) is 1.48. The minimum absolute atomic E-state index is 0.377. The van der Waals surface area contributed by atoms with Crippen molar-refractivity contribution in [3.8, 4) is 10.4 Å². The number of nitrogens with zero attached hydrogens (tertiary/aromatic N) is 3. The SMILES string of the molecule is CN(C(=O)O)c1ccc(-c2cc(C(N)=O)c(Nc3cccc(CN4CCOCC4)n3)s2)cc1. The molecule has 1 aliphatic heterocycles. The van der Waals surface area contributed by atoms with Crippen LogP contribution in [0.4, 0.5) is 21.3 Å². The van der Waals surface area contributed by atoms with E-state index >= 15 is 0 Å². The molecule has 1 aromatic carbocycles. The summed E-state index contributed by atoms with van der Waals surface area (Å²) >= 11 is 1.39. The maximum Gasteiger partial charge on any atom is 0.411 e. The van der Waals surface area contributed by atoms with E-state index in [1.54, 1.807) is 18.2 Å². The lowest BCUT2D eigenvalue weighted by atomic mass is 10.1. The zero-order valence-corrected chi connectivity index (χ0v) is 19.0. The highest BCUT2D eigenvalue weighted by Crippen LogP contribution is 2.37. The van der Waals surface area contributed by atoms with Crippen LogP contribution in [0.3, 0.4) is 0 Å². The van der Waals surface area contributed by atoms with Crippen LogP contribution in [0.25, 0.3) is 10.4 Å². The molecule has 0 radical (unpaired) electrons. The van der Waals surface area contributed by atoms with Gasteiger partial charge in [-0.15, -0.1) is 11.3 Å². The Morgan fingerprint density at radius 1 is 1.21 bits per heavy atom. The van der Waals surface area contributed by atoms with E-state index in [-0.39, 0.29) is 0 Å². The summed E-state index contributed by atoms with van der Waals surface area (Å²) in [6, 6.07) is 14.6. The van der Waals surface area contributed by atoms with Gasteiger partial charge < -0.3 is 20.9 Å². The number of anilines is 3. The molecule has 1 fully saturated rings. The molecule has 0 bridgehead atoms. The molecule has 172 valence electrons. The summed E-state index contributed by atoms with van der Waals surface area (Å²) < 4.78 is 5.40. The summed E-state index contributed by atoms with van der Waals surface area (Å²) in [6.45, 7) is 3.94. The van der Waals surface area contributed by atoms with E-state index in [4.69, 9.17) is 20.6 Å². The summed E-state index contributed by atoms with van der Waals surface area (Å²) in [6.07, 6.45) is -1.04. The molecule has 2 amide bonds. The van der Waals surface area contributed by atoms with Crippen LogP contribution >= 0.6 is 11.3 Å². The van der Waals surface area contributed by atoms with Crippen LogP contribution in [0.15, 0.2) is 48.5 Å². The molecule has 2 aromatic heterocycles. The first-order valence-electron chi connectivity index (χ1n) is 10.4. The first-order chi connectivity index (χ1) is 15.9. The molecule has 0 atom stereocenters. The van der Waals surface area contributed by atoms with Crippen LogP contribution in [-0.2, 0) is 11.3 Å². The fourth-order valence-corrected chi connectivity index (χ4v) is 4.59. The molecule has 3 heterocycles. The summed E-state index contributed by atoms with van der Waals surface area (Å²) in [5.41, 5.74) is 8.34. The molecule has 10 heteroatoms. The number of hydrogen-bond acceptors (Lipinski definition) is 7. The predicted octanol–water partition coefficient (Wildman–Crippen LogP) is 3.60. The number of aromatic nitrogens is 1. The number of thiophene rings is 1. The van der Waals surface area contributed by atoms with E-state index in [9.17, 15) is 9.59 Å². The van der Waals surface area contributed by atoms with Gasteiger partial charge in [0.1, 0.15) is 10.8 Å². The lowest BCUT2D eigenvalue weighted by Gasteiger charge is -2.26. The summed E-state index contributed by atoms with van der Waals surface area (Å²) in [5, 5.41) is 13.0. The number of carboxylic acid groups (broad SMARTS) is 1. The molecule has 3 aromatic rings. The van der Waals surface area contributed by atoms with E-state index in [1.807, 2.05) is 30.3 Å². The second kappa shape index (κ2) is 9.99. The van der Waals surface area contributed by atoms with Crippen molar-refractivity contribution in [2.24, 2.45) is 5.73 Å². The van der Waals surface area contributed by atoms with E-state index in [1.165, 1.54) is 18.4 Å². The first kappa shape index (κ1) is 22.7. The van der Waals surface area contributed by atoms with E-state index in [2.05, 4.69) is 10.2 Å². The molecular weight excluding hydrogens is 442 g/mol. The Labute approximate surface area is 195 Å². The number of pyridine rings is 1. The molecule has 0 saturated carbocycles. The van der Waals surface area contributed by atoms with Crippen molar-refractivity contribution < 1.29 is 19.4 Å². The molecule has 33 heavy (non-hydrogen) atoms. The highest BCUT2D eigenvalue weighted by atomic mass is 32.1. The number of nitrogens with two attached hydrogens (primary N) is 1. The number of ether oxygens (including phenoxy) is 1. The molecule has 1 saturated heterocycles. The molecular formula is C23H25N5O4S. The number of carbonyl (C=O) groups excluding carboxylic acids is 1. The van der Waals surface area contributed by atoms with Gasteiger partial charge in [-0.2, -0.15) is 0 Å². The van der Waals surface area contributed by atoms with Crippen LogP contribution in [0, 0.1) is 0 Å². The lowest BCUT2D eigenvalue weighted by molar-refractivity contribution is 0.0337. The van der Waals surface area contributed by atoms with Crippen molar-refractivity contribution in [2.75, 3.05) is 43.6 Å². The molecule has 1 aliphatic rings. The number of rotatable bonds is 7. The number of nitrogens with one attached hydrogen (secondary N) is 1. The van der Waals surface area contributed by atoms with Crippen LogP contribution < -0.4 is 16.0 Å². The average Bonchev–Trinajstić information content (AvgIpc) is 3.23. The number of morpholine rings is 1. The van der Waals surface area contributed by atoms with Gasteiger partial charge >= 0.3 is 6.09 Å². The number of carbonyl (C=O) groups is 2. The van der Waals surface area contributed by atoms with Crippen molar-refractivity contribution in [3.63, 3.8) is 0 Å². The minimum Gasteiger partial charge on any atom is -0.465 e. The smallest absolute Gasteiger partial charge is 0.411 e. The number of amides is 2. The third kappa shape index (κ3) is 5.48. The van der Waals surface area contributed by atoms with Gasteiger partial charge in [0.05, 0.1) is 24.5 Å². The Hall–Kier alpha value is -3.47. The molecule has 0 aliphatic carbocycles. The van der Waals surface area contributed by atoms with Gasteiger partial charge in [-0.1, -0.05) is 18.2 Å². The Balaban J connectivity index is 1.54. The van der Waals surface area contributed by atoms with Crippen molar-refractivity contribution >= 4 is 39.8 Å². The Kier molecular flexibility index (Phi) is 6.87. The maximum absolute atomic E-state index is 12.1. The average molecular weight is 468 g/mol. The molecule has 9 nitrogen and oxygen atoms in total. The molecule has 4 rings (SSSR count). The van der Waals surface area contributed by atoms with Crippen molar-refractivity contribution in [2.45, 2.75) is 6.54 Å². The van der Waals surface area contributed by atoms with E-state index in [0.29, 0.717) is 22.1 Å². The summed E-state index contributed by atoms with van der Waals surface area (Å²) in [4.78, 5) is 32.2. The van der Waals surface area contributed by atoms with Crippen LogP contribution in [0.5, 0.6) is 0 Å². The van der Waals surface area contributed by atoms with Gasteiger partial charge in [0.15, 0.2) is 0 Å². The van der Waals surface area contributed by atoms with Gasteiger partial charge in [-0.25, -0.2) is 9.78 Å². The van der Waals surface area contributed by atoms with E-state index < -0.39 is 12.0 Å². The maximum atomic E-state index is 12.1. The Morgan fingerprint density at radius 2 is 1.94 bits per heavy atom. The number of hydrogen-bond donors (Lipinski definition) is 3. The fraction of sp³-hybridized carbons (Fsp3) is 0.261. The highest BCUT2D eigenvalue weighted by Gasteiger charge is 2.17. The van der Waals surface area contributed by atoms with Gasteiger partial charge in [-0.3, -0.25) is 14.6 Å². The highest BCUT2D eigenvalue weighted by molar-refractivity contribution is 7.19. The van der Waals surface area contributed by atoms with Crippen molar-refractivity contribution in [1.29, 1.82) is 0 Å².